The van der Waals surface area contributed by atoms with Gasteiger partial charge in [0, 0.05) is 5.39 Å². The molecule has 1 N–H and O–H groups in total. The Balaban J connectivity index is 2.50. The first-order valence-corrected chi connectivity index (χ1v) is 6.70. The fourth-order valence-electron chi connectivity index (χ4n) is 1.98. The molecule has 0 atom stereocenters. The van der Waals surface area contributed by atoms with Crippen LogP contribution in [-0.2, 0) is 6.61 Å². The average Bonchev–Trinajstić information content (AvgIpc) is 2.42. The lowest BCUT2D eigenvalue weighted by atomic mass is 10.0. The van der Waals surface area contributed by atoms with Gasteiger partial charge in [0.15, 0.2) is 11.6 Å². The van der Waals surface area contributed by atoms with E-state index in [2.05, 4.69) is 0 Å². The minimum absolute atomic E-state index is 0.0951. The fraction of sp³-hybridized carbons (Fsp3) is 0.333. The highest BCUT2D eigenvalue weighted by Crippen LogP contribution is 2.35. The molecule has 2 nitrogen and oxygen atoms in total. The van der Waals surface area contributed by atoms with E-state index in [9.17, 15) is 9.50 Å². The van der Waals surface area contributed by atoms with Crippen LogP contribution in [0.1, 0.15) is 25.3 Å². The van der Waals surface area contributed by atoms with E-state index in [0.717, 1.165) is 12.8 Å². The number of aliphatic hydroxyl groups excluding tert-OH is 1. The Labute approximate surface area is 116 Å². The fourth-order valence-corrected chi connectivity index (χ4v) is 2.23. The van der Waals surface area contributed by atoms with Crippen molar-refractivity contribution in [3.05, 3.63) is 40.7 Å². The third-order valence-electron chi connectivity index (χ3n) is 3.03. The molecule has 0 saturated heterocycles. The van der Waals surface area contributed by atoms with Crippen molar-refractivity contribution in [3.8, 4) is 5.75 Å². The van der Waals surface area contributed by atoms with Crippen molar-refractivity contribution in [2.45, 2.75) is 26.4 Å². The Morgan fingerprint density at radius 1 is 1.32 bits per heavy atom. The van der Waals surface area contributed by atoms with Crippen molar-refractivity contribution in [3.63, 3.8) is 0 Å². The smallest absolute Gasteiger partial charge is 0.174 e. The molecule has 0 saturated carbocycles. The highest BCUT2D eigenvalue weighted by atomic mass is 35.5. The number of halogens is 2. The molecule has 0 radical (unpaired) electrons. The molecule has 4 heteroatoms. The van der Waals surface area contributed by atoms with E-state index < -0.39 is 5.82 Å². The van der Waals surface area contributed by atoms with Crippen LogP contribution in [0, 0.1) is 5.82 Å². The van der Waals surface area contributed by atoms with Crippen molar-refractivity contribution in [1.82, 2.24) is 0 Å². The summed E-state index contributed by atoms with van der Waals surface area (Å²) in [5.41, 5.74) is 0.651. The second-order valence-corrected chi connectivity index (χ2v) is 4.78. The second kappa shape index (κ2) is 6.22. The standard InChI is InChI=1S/C15H16ClFO2/c1-2-3-7-19-15-13(16)8-12-10(9-18)5-4-6-11(12)14(15)17/h4-6,8,18H,2-3,7,9H2,1H3. The normalized spacial score (nSPS) is 10.9. The van der Waals surface area contributed by atoms with Crippen LogP contribution in [-0.4, -0.2) is 11.7 Å². The first kappa shape index (κ1) is 14.1. The Morgan fingerprint density at radius 2 is 2.11 bits per heavy atom. The van der Waals surface area contributed by atoms with E-state index >= 15 is 0 Å². The maximum absolute atomic E-state index is 14.4. The van der Waals surface area contributed by atoms with E-state index in [1.165, 1.54) is 0 Å². The minimum Gasteiger partial charge on any atom is -0.489 e. The number of hydrogen-bond acceptors (Lipinski definition) is 2. The molecule has 0 aliphatic heterocycles. The molecule has 0 fully saturated rings. The van der Waals surface area contributed by atoms with Gasteiger partial charge in [0.2, 0.25) is 0 Å². The summed E-state index contributed by atoms with van der Waals surface area (Å²) in [5.74, 6) is -0.369. The van der Waals surface area contributed by atoms with Gasteiger partial charge in [0.1, 0.15) is 0 Å². The minimum atomic E-state index is -0.464. The number of benzene rings is 2. The van der Waals surface area contributed by atoms with E-state index in [1.807, 2.05) is 6.92 Å². The summed E-state index contributed by atoms with van der Waals surface area (Å²) < 4.78 is 19.8. The molecule has 0 aliphatic carbocycles. The number of hydrogen-bond donors (Lipinski definition) is 1. The predicted octanol–water partition coefficient (Wildman–Crippen LogP) is 4.30. The molecule has 0 amide bonds. The number of ether oxygens (including phenoxy) is 1. The van der Waals surface area contributed by atoms with Gasteiger partial charge in [-0.25, -0.2) is 4.39 Å². The summed E-state index contributed by atoms with van der Waals surface area (Å²) in [5, 5.41) is 10.5. The van der Waals surface area contributed by atoms with Gasteiger partial charge in [-0.05, 0) is 23.4 Å². The largest absolute Gasteiger partial charge is 0.489 e. The van der Waals surface area contributed by atoms with Crippen LogP contribution in [0.25, 0.3) is 10.8 Å². The summed E-state index contributed by atoms with van der Waals surface area (Å²) in [6.45, 7) is 2.33. The molecular formula is C15H16ClFO2. The van der Waals surface area contributed by atoms with E-state index in [4.69, 9.17) is 16.3 Å². The highest BCUT2D eigenvalue weighted by molar-refractivity contribution is 6.33. The number of aliphatic hydroxyl groups is 1. The van der Waals surface area contributed by atoms with Crippen LogP contribution in [0.15, 0.2) is 24.3 Å². The van der Waals surface area contributed by atoms with Crippen molar-refractivity contribution in [2.24, 2.45) is 0 Å². The van der Waals surface area contributed by atoms with Gasteiger partial charge in [-0.3, -0.25) is 0 Å². The molecule has 0 aromatic heterocycles. The highest BCUT2D eigenvalue weighted by Gasteiger charge is 2.15. The average molecular weight is 283 g/mol. The van der Waals surface area contributed by atoms with Crippen LogP contribution >= 0.6 is 11.6 Å². The zero-order valence-corrected chi connectivity index (χ0v) is 11.5. The summed E-state index contributed by atoms with van der Waals surface area (Å²) in [7, 11) is 0. The summed E-state index contributed by atoms with van der Waals surface area (Å²) >= 11 is 6.07. The summed E-state index contributed by atoms with van der Waals surface area (Å²) in [6.07, 6.45) is 1.83. The Bertz CT molecular complexity index is 584. The maximum Gasteiger partial charge on any atom is 0.174 e. The van der Waals surface area contributed by atoms with Crippen molar-refractivity contribution >= 4 is 22.4 Å². The zero-order valence-electron chi connectivity index (χ0n) is 10.7. The lowest BCUT2D eigenvalue weighted by Crippen LogP contribution is -2.00. The van der Waals surface area contributed by atoms with Gasteiger partial charge in [0.25, 0.3) is 0 Å². The van der Waals surface area contributed by atoms with Gasteiger partial charge in [-0.2, -0.15) is 0 Å². The lowest BCUT2D eigenvalue weighted by Gasteiger charge is -2.12. The molecule has 2 aromatic carbocycles. The van der Waals surface area contributed by atoms with Gasteiger partial charge < -0.3 is 9.84 Å². The molecule has 0 unspecified atom stereocenters. The van der Waals surface area contributed by atoms with Crippen molar-refractivity contribution < 1.29 is 14.2 Å². The SMILES string of the molecule is CCCCOc1c(Cl)cc2c(CO)cccc2c1F. The van der Waals surface area contributed by atoms with Gasteiger partial charge in [-0.15, -0.1) is 0 Å². The number of fused-ring (bicyclic) bond motifs is 1. The molecule has 0 spiro atoms. The number of rotatable bonds is 5. The topological polar surface area (TPSA) is 29.5 Å². The second-order valence-electron chi connectivity index (χ2n) is 4.37. The predicted molar refractivity (Wildman–Crippen MR) is 75.2 cm³/mol. The van der Waals surface area contributed by atoms with Gasteiger partial charge >= 0.3 is 0 Å². The molecular weight excluding hydrogens is 267 g/mol. The molecule has 19 heavy (non-hydrogen) atoms. The zero-order chi connectivity index (χ0) is 13.8. The number of unbranched alkanes of at least 4 members (excludes halogenated alkanes) is 1. The first-order chi connectivity index (χ1) is 9.19. The Kier molecular flexibility index (Phi) is 4.61. The van der Waals surface area contributed by atoms with Crippen LogP contribution in [0.2, 0.25) is 5.02 Å². The molecule has 2 rings (SSSR count). The molecule has 0 bridgehead atoms. The third kappa shape index (κ3) is 2.82. The third-order valence-corrected chi connectivity index (χ3v) is 3.32. The van der Waals surface area contributed by atoms with Crippen molar-refractivity contribution in [2.75, 3.05) is 6.61 Å². The van der Waals surface area contributed by atoms with Crippen LogP contribution in [0.4, 0.5) is 4.39 Å². The molecule has 2 aromatic rings. The van der Waals surface area contributed by atoms with Crippen LogP contribution in [0.5, 0.6) is 5.75 Å². The van der Waals surface area contributed by atoms with Gasteiger partial charge in [-0.1, -0.05) is 43.1 Å². The first-order valence-electron chi connectivity index (χ1n) is 6.32. The maximum atomic E-state index is 14.4. The Morgan fingerprint density at radius 3 is 2.79 bits per heavy atom. The van der Waals surface area contributed by atoms with Gasteiger partial charge in [0.05, 0.1) is 18.2 Å². The van der Waals surface area contributed by atoms with E-state index in [1.54, 1.807) is 24.3 Å². The molecule has 102 valence electrons. The quantitative estimate of drug-likeness (QED) is 0.828. The monoisotopic (exact) mass is 282 g/mol. The molecule has 0 aliphatic rings. The summed E-state index contributed by atoms with van der Waals surface area (Å²) in [4.78, 5) is 0. The van der Waals surface area contributed by atoms with Crippen LogP contribution in [0.3, 0.4) is 0 Å². The molecule has 0 heterocycles. The lowest BCUT2D eigenvalue weighted by molar-refractivity contribution is 0.283. The Hall–Kier alpha value is -1.32. The van der Waals surface area contributed by atoms with Crippen LogP contribution < -0.4 is 4.74 Å². The summed E-state index contributed by atoms with van der Waals surface area (Å²) in [6, 6.07) is 6.76. The van der Waals surface area contributed by atoms with E-state index in [0.29, 0.717) is 22.9 Å². The van der Waals surface area contributed by atoms with E-state index in [-0.39, 0.29) is 17.4 Å². The van der Waals surface area contributed by atoms with Crippen molar-refractivity contribution in [1.29, 1.82) is 0 Å².